The molecular formula is C35H45FN8O9S. The first-order chi connectivity index (χ1) is 25.6. The van der Waals surface area contributed by atoms with Crippen LogP contribution in [0.5, 0.6) is 0 Å². The van der Waals surface area contributed by atoms with Gasteiger partial charge in [0.05, 0.1) is 41.7 Å². The number of nitrogens with two attached hydrogens (primary N) is 1. The number of carboxylic acids is 2. The standard InChI is InChI=1S/C18H20FN5O4.C17H25N3O5S/c1-28-22-14-8-23(6-9(14)5-20)17-13(19)4-11-15(25)12(18(26)27)7-24(10-2-3-10)16(11)21-17;1-7-12-11(8(2)21)16(23)20(12)13(17(24)25)14(7)26-9-5-10(18-6-9)15(22)19(3)4/h4,7,9-10H,2-3,5-6,8,20H2,1H3,(H,26,27);7-12,18,21H,5-6H2,1-4H3,(H,24,25)/b22-14+;/t;7-,8-,9+,10+,11-,12-/m.1/s1. The number of aromatic nitrogens is 2. The van der Waals surface area contributed by atoms with Crippen LogP contribution in [0.25, 0.3) is 11.0 Å². The number of aliphatic hydroxyl groups is 1. The van der Waals surface area contributed by atoms with Crippen LogP contribution in [0.2, 0.25) is 0 Å². The van der Waals surface area contributed by atoms with Gasteiger partial charge in [-0.3, -0.25) is 14.4 Å². The molecule has 0 spiro atoms. The number of hydrogen-bond donors (Lipinski definition) is 5. The number of rotatable bonds is 10. The van der Waals surface area contributed by atoms with E-state index in [9.17, 15) is 43.7 Å². The van der Waals surface area contributed by atoms with Gasteiger partial charge in [-0.1, -0.05) is 12.1 Å². The number of nitrogens with one attached hydrogen (secondary N) is 1. The van der Waals surface area contributed by atoms with E-state index >= 15 is 0 Å². The van der Waals surface area contributed by atoms with Crippen molar-refractivity contribution in [3.8, 4) is 0 Å². The average molecular weight is 773 g/mol. The molecule has 2 aromatic heterocycles. The number of aliphatic carboxylic acids is 1. The van der Waals surface area contributed by atoms with E-state index < -0.39 is 35.2 Å². The SMILES string of the molecule is CO/N=C1\CN(c2nc3c(cc2F)c(=O)c(C(=O)O)cn3C2CC2)CC1CN.C[C@@H](O)[C@H]1C(=O)N2C(C(=O)O)=C(S[C@@H]3CN[C@H](C(=O)N(C)C)C3)[C@H](C)[C@H]12. The van der Waals surface area contributed by atoms with Gasteiger partial charge in [-0.05, 0) is 32.3 Å². The molecule has 2 aromatic rings. The highest BCUT2D eigenvalue weighted by molar-refractivity contribution is 8.03. The quantitative estimate of drug-likeness (QED) is 0.165. The molecule has 0 bridgehead atoms. The summed E-state index contributed by atoms with van der Waals surface area (Å²) in [6.07, 6.45) is 2.83. The van der Waals surface area contributed by atoms with Crippen molar-refractivity contribution in [2.75, 3.05) is 52.3 Å². The number of amides is 2. The van der Waals surface area contributed by atoms with Crippen LogP contribution in [-0.4, -0.2) is 135 Å². The monoisotopic (exact) mass is 772 g/mol. The lowest BCUT2D eigenvalue weighted by molar-refractivity contribution is -0.163. The number of carbonyl (C=O) groups is 4. The summed E-state index contributed by atoms with van der Waals surface area (Å²) >= 11 is 1.45. The Morgan fingerprint density at radius 3 is 2.50 bits per heavy atom. The number of fused-ring (bicyclic) bond motifs is 2. The Morgan fingerprint density at radius 2 is 1.93 bits per heavy atom. The summed E-state index contributed by atoms with van der Waals surface area (Å²) in [5, 5.41) is 36.0. The second-order valence-corrected chi connectivity index (χ2v) is 15.8. The first-order valence-corrected chi connectivity index (χ1v) is 18.6. The van der Waals surface area contributed by atoms with Crippen molar-refractivity contribution >= 4 is 58.1 Å². The Balaban J connectivity index is 0.000000185. The predicted octanol–water partition coefficient (Wildman–Crippen LogP) is 0.658. The molecule has 7 atom stereocenters. The number of anilines is 1. The maximum absolute atomic E-state index is 14.9. The second kappa shape index (κ2) is 15.3. The molecule has 1 saturated carbocycles. The molecule has 6 N–H and O–H groups in total. The van der Waals surface area contributed by atoms with Gasteiger partial charge < -0.3 is 50.5 Å². The third-order valence-electron chi connectivity index (χ3n) is 10.6. The first kappa shape index (κ1) is 39.1. The molecule has 7 rings (SSSR count). The number of nitrogens with zero attached hydrogens (tertiary/aromatic N) is 6. The van der Waals surface area contributed by atoms with Gasteiger partial charge >= 0.3 is 11.9 Å². The number of likely N-dealkylation sites (N-methyl/N-ethyl adjacent to an activating group) is 1. The average Bonchev–Trinajstić information content (AvgIpc) is 3.62. The van der Waals surface area contributed by atoms with Crippen LogP contribution in [0.4, 0.5) is 10.2 Å². The summed E-state index contributed by atoms with van der Waals surface area (Å²) in [6, 6.07) is 0.573. The number of hydrogen-bond acceptors (Lipinski definition) is 13. The summed E-state index contributed by atoms with van der Waals surface area (Å²) in [5.41, 5.74) is 5.69. The summed E-state index contributed by atoms with van der Waals surface area (Å²) in [7, 11) is 4.86. The molecular weight excluding hydrogens is 727 g/mol. The Morgan fingerprint density at radius 1 is 1.22 bits per heavy atom. The Hall–Kier alpha value is -4.59. The Labute approximate surface area is 314 Å². The van der Waals surface area contributed by atoms with Gasteiger partial charge in [0.2, 0.25) is 17.2 Å². The van der Waals surface area contributed by atoms with E-state index in [0.717, 1.165) is 18.9 Å². The van der Waals surface area contributed by atoms with E-state index in [0.29, 0.717) is 43.2 Å². The Kier molecular flexibility index (Phi) is 11.1. The molecule has 1 unspecified atom stereocenters. The molecule has 4 aliphatic heterocycles. The van der Waals surface area contributed by atoms with E-state index in [2.05, 4.69) is 15.5 Å². The van der Waals surface area contributed by atoms with Crippen molar-refractivity contribution in [1.82, 2.24) is 24.7 Å². The minimum absolute atomic E-state index is 0.00757. The van der Waals surface area contributed by atoms with Crippen LogP contribution in [0, 0.1) is 23.6 Å². The summed E-state index contributed by atoms with van der Waals surface area (Å²) in [5.74, 6) is -4.16. The summed E-state index contributed by atoms with van der Waals surface area (Å²) in [6.45, 7) is 5.15. The minimum atomic E-state index is -1.34. The normalized spacial score (nSPS) is 27.5. The molecule has 0 aromatic carbocycles. The zero-order valence-corrected chi connectivity index (χ0v) is 31.4. The largest absolute Gasteiger partial charge is 0.477 e. The zero-order chi connectivity index (χ0) is 39.3. The van der Waals surface area contributed by atoms with Crippen LogP contribution < -0.4 is 21.4 Å². The first-order valence-electron chi connectivity index (χ1n) is 17.7. The minimum Gasteiger partial charge on any atom is -0.477 e. The summed E-state index contributed by atoms with van der Waals surface area (Å²) < 4.78 is 16.5. The maximum atomic E-state index is 14.9. The number of halogens is 1. The molecule has 54 heavy (non-hydrogen) atoms. The van der Waals surface area contributed by atoms with E-state index in [1.54, 1.807) is 35.4 Å². The molecule has 5 aliphatic rings. The molecule has 17 nitrogen and oxygen atoms in total. The molecule has 3 saturated heterocycles. The van der Waals surface area contributed by atoms with Crippen LogP contribution in [0.1, 0.15) is 49.5 Å². The number of thioether (sulfide) groups is 1. The fourth-order valence-corrected chi connectivity index (χ4v) is 9.23. The molecule has 6 heterocycles. The van der Waals surface area contributed by atoms with E-state index in [4.69, 9.17) is 10.6 Å². The molecule has 2 amide bonds. The lowest BCUT2D eigenvalue weighted by Gasteiger charge is -2.46. The molecule has 4 fully saturated rings. The molecule has 0 radical (unpaired) electrons. The molecule has 19 heteroatoms. The van der Waals surface area contributed by atoms with Crippen molar-refractivity contribution < 1.29 is 43.7 Å². The van der Waals surface area contributed by atoms with E-state index in [-0.39, 0.29) is 75.1 Å². The number of β-lactam (4-membered cyclic amide) rings is 1. The van der Waals surface area contributed by atoms with Crippen molar-refractivity contribution in [3.63, 3.8) is 0 Å². The van der Waals surface area contributed by atoms with Gasteiger partial charge in [0.15, 0.2) is 11.6 Å². The fraction of sp³-hybridized carbons (Fsp3) is 0.571. The van der Waals surface area contributed by atoms with Crippen molar-refractivity contribution in [3.05, 3.63) is 44.5 Å². The van der Waals surface area contributed by atoms with Crippen LogP contribution in [-0.2, 0) is 19.2 Å². The lowest BCUT2D eigenvalue weighted by Crippen LogP contribution is -2.63. The summed E-state index contributed by atoms with van der Waals surface area (Å²) in [4.78, 5) is 74.7. The van der Waals surface area contributed by atoms with Gasteiger partial charge in [-0.2, -0.15) is 0 Å². The van der Waals surface area contributed by atoms with Crippen molar-refractivity contribution in [2.45, 2.75) is 62.6 Å². The van der Waals surface area contributed by atoms with Crippen molar-refractivity contribution in [1.29, 1.82) is 0 Å². The number of oxime groups is 1. The number of aliphatic hydroxyl groups excluding tert-OH is 1. The highest BCUT2D eigenvalue weighted by Gasteiger charge is 2.60. The van der Waals surface area contributed by atoms with Gasteiger partial charge in [0, 0.05) is 68.0 Å². The Bertz CT molecular complexity index is 2000. The second-order valence-electron chi connectivity index (χ2n) is 14.5. The third-order valence-corrected chi connectivity index (χ3v) is 12.1. The van der Waals surface area contributed by atoms with E-state index in [1.807, 2.05) is 6.92 Å². The number of carboxylic acid groups (broad SMARTS) is 2. The molecule has 1 aliphatic carbocycles. The fourth-order valence-electron chi connectivity index (χ4n) is 7.75. The van der Waals surface area contributed by atoms with Crippen LogP contribution in [0.15, 0.2) is 32.8 Å². The van der Waals surface area contributed by atoms with E-state index in [1.165, 1.54) is 30.0 Å². The smallest absolute Gasteiger partial charge is 0.353 e. The lowest BCUT2D eigenvalue weighted by atomic mass is 9.79. The zero-order valence-electron chi connectivity index (χ0n) is 30.6. The number of aromatic carboxylic acids is 1. The highest BCUT2D eigenvalue weighted by Crippen LogP contribution is 2.52. The topological polar surface area (TPSA) is 233 Å². The highest BCUT2D eigenvalue weighted by atomic mass is 32.2. The van der Waals surface area contributed by atoms with Crippen LogP contribution >= 0.6 is 11.8 Å². The van der Waals surface area contributed by atoms with Gasteiger partial charge in [0.1, 0.15) is 24.0 Å². The number of pyridine rings is 2. The maximum Gasteiger partial charge on any atom is 0.353 e. The van der Waals surface area contributed by atoms with Crippen LogP contribution in [0.3, 0.4) is 0 Å². The van der Waals surface area contributed by atoms with Gasteiger partial charge in [-0.15, -0.1) is 11.8 Å². The third kappa shape index (κ3) is 7.04. The molecule has 292 valence electrons. The van der Waals surface area contributed by atoms with Crippen molar-refractivity contribution in [2.24, 2.45) is 28.6 Å². The van der Waals surface area contributed by atoms with Gasteiger partial charge in [-0.25, -0.2) is 19.0 Å². The van der Waals surface area contributed by atoms with Gasteiger partial charge in [0.25, 0.3) is 0 Å². The predicted molar refractivity (Wildman–Crippen MR) is 197 cm³/mol. The number of carbonyl (C=O) groups excluding carboxylic acids is 2.